The minimum atomic E-state index is -0.250. The molecule has 29 heavy (non-hydrogen) atoms. The van der Waals surface area contributed by atoms with Gasteiger partial charge in [0.15, 0.2) is 23.4 Å². The molecule has 0 saturated heterocycles. The number of nitrogens with zero attached hydrogens (tertiary/aromatic N) is 4. The van der Waals surface area contributed by atoms with Crippen LogP contribution in [0.25, 0.3) is 23.6 Å². The molecule has 2 aromatic carbocycles. The van der Waals surface area contributed by atoms with Gasteiger partial charge in [0.2, 0.25) is 0 Å². The van der Waals surface area contributed by atoms with Gasteiger partial charge in [-0.3, -0.25) is 0 Å². The zero-order valence-corrected chi connectivity index (χ0v) is 17.1. The van der Waals surface area contributed by atoms with Gasteiger partial charge in [0.25, 0.3) is 0 Å². The van der Waals surface area contributed by atoms with E-state index in [1.54, 1.807) is 11.6 Å². The molecule has 4 aromatic rings. The Balaban J connectivity index is 1.72. The normalized spacial score (nSPS) is 12.3. The van der Waals surface area contributed by atoms with E-state index in [9.17, 15) is 0 Å². The highest BCUT2D eigenvalue weighted by Gasteiger charge is 2.22. The number of fused-ring (bicyclic) bond motifs is 1. The molecule has 0 spiro atoms. The Hall–Kier alpha value is -3.41. The predicted molar refractivity (Wildman–Crippen MR) is 113 cm³/mol. The van der Waals surface area contributed by atoms with Crippen molar-refractivity contribution in [3.8, 4) is 22.9 Å². The Labute approximate surface area is 169 Å². The van der Waals surface area contributed by atoms with E-state index in [1.807, 2.05) is 43.3 Å². The van der Waals surface area contributed by atoms with E-state index in [0.717, 1.165) is 29.0 Å². The highest BCUT2D eigenvalue weighted by Crippen LogP contribution is 2.28. The Bertz CT molecular complexity index is 1200. The second-order valence-corrected chi connectivity index (χ2v) is 7.10. The van der Waals surface area contributed by atoms with Gasteiger partial charge < -0.3 is 9.47 Å². The second kappa shape index (κ2) is 7.54. The molecule has 2 aromatic heterocycles. The minimum Gasteiger partial charge on any atom is -0.497 e. The molecule has 0 amide bonds. The molecule has 0 bridgehead atoms. The first-order valence-electron chi connectivity index (χ1n) is 9.63. The minimum absolute atomic E-state index is 0.250. The molecule has 0 aliphatic carbocycles. The van der Waals surface area contributed by atoms with Crippen molar-refractivity contribution in [3.05, 3.63) is 64.8 Å². The van der Waals surface area contributed by atoms with Crippen molar-refractivity contribution in [1.29, 1.82) is 0 Å². The average Bonchev–Trinajstić information content (AvgIpc) is 3.28. The van der Waals surface area contributed by atoms with Crippen molar-refractivity contribution in [3.63, 3.8) is 0 Å². The lowest BCUT2D eigenvalue weighted by molar-refractivity contribution is 0.188. The molecule has 0 radical (unpaired) electrons. The number of ether oxygens (including phenoxy) is 2. The van der Waals surface area contributed by atoms with Gasteiger partial charge in [-0.15, -0.1) is 5.10 Å². The molecular weight excluding hydrogens is 364 g/mol. The molecule has 0 saturated carbocycles. The molecule has 6 heteroatoms. The monoisotopic (exact) mass is 388 g/mol. The number of methoxy groups -OCH3 is 1. The van der Waals surface area contributed by atoms with Gasteiger partial charge in [0.05, 0.1) is 7.11 Å². The van der Waals surface area contributed by atoms with E-state index in [1.165, 1.54) is 5.56 Å². The maximum Gasteiger partial charge on any atom is 0.183 e. The maximum atomic E-state index is 6.31. The SMILES string of the molecule is C=c1nc(C(CC)Oc2ccc(C)cc2C)n2nc(-c3ccc(OC)cc3)nc12. The lowest BCUT2D eigenvalue weighted by Gasteiger charge is -2.17. The fourth-order valence-electron chi connectivity index (χ4n) is 3.37. The maximum absolute atomic E-state index is 6.31. The van der Waals surface area contributed by atoms with Crippen LogP contribution in [-0.2, 0) is 0 Å². The van der Waals surface area contributed by atoms with Crippen molar-refractivity contribution in [2.24, 2.45) is 0 Å². The highest BCUT2D eigenvalue weighted by atomic mass is 16.5. The Morgan fingerprint density at radius 1 is 1.07 bits per heavy atom. The molecule has 6 nitrogen and oxygen atoms in total. The lowest BCUT2D eigenvalue weighted by atomic mass is 10.1. The van der Waals surface area contributed by atoms with Gasteiger partial charge in [-0.25, -0.2) is 9.97 Å². The van der Waals surface area contributed by atoms with Crippen LogP contribution in [-0.4, -0.2) is 26.7 Å². The van der Waals surface area contributed by atoms with Crippen molar-refractivity contribution in [2.45, 2.75) is 33.3 Å². The molecule has 4 rings (SSSR count). The van der Waals surface area contributed by atoms with E-state index in [-0.39, 0.29) is 6.10 Å². The van der Waals surface area contributed by atoms with Gasteiger partial charge in [0.1, 0.15) is 16.8 Å². The Morgan fingerprint density at radius 2 is 1.83 bits per heavy atom. The van der Waals surface area contributed by atoms with E-state index in [2.05, 4.69) is 41.6 Å². The summed E-state index contributed by atoms with van der Waals surface area (Å²) in [7, 11) is 1.64. The van der Waals surface area contributed by atoms with Crippen molar-refractivity contribution in [2.75, 3.05) is 7.11 Å². The third-order valence-electron chi connectivity index (χ3n) is 4.94. The lowest BCUT2D eigenvalue weighted by Crippen LogP contribution is -2.13. The van der Waals surface area contributed by atoms with Crippen molar-refractivity contribution >= 4 is 12.2 Å². The van der Waals surface area contributed by atoms with E-state index >= 15 is 0 Å². The first-order chi connectivity index (χ1) is 14.0. The van der Waals surface area contributed by atoms with Crippen LogP contribution in [0, 0.1) is 13.8 Å². The van der Waals surface area contributed by atoms with Crippen LogP contribution in [0.5, 0.6) is 11.5 Å². The van der Waals surface area contributed by atoms with Crippen LogP contribution in [0.15, 0.2) is 42.5 Å². The predicted octanol–water partition coefficient (Wildman–Crippen LogP) is 4.08. The summed E-state index contributed by atoms with van der Waals surface area (Å²) in [6.45, 7) is 10.2. The Morgan fingerprint density at radius 3 is 2.48 bits per heavy atom. The Kier molecular flexibility index (Phi) is 4.92. The molecule has 1 atom stereocenters. The number of imidazole rings is 1. The first kappa shape index (κ1) is 18.9. The summed E-state index contributed by atoms with van der Waals surface area (Å²) >= 11 is 0. The number of hydrogen-bond donors (Lipinski definition) is 0. The second-order valence-electron chi connectivity index (χ2n) is 7.10. The van der Waals surface area contributed by atoms with Crippen LogP contribution < -0.4 is 14.8 Å². The quantitative estimate of drug-likeness (QED) is 0.498. The van der Waals surface area contributed by atoms with Crippen molar-refractivity contribution < 1.29 is 9.47 Å². The van der Waals surface area contributed by atoms with Gasteiger partial charge in [0, 0.05) is 5.56 Å². The molecule has 0 aliphatic heterocycles. The summed E-state index contributed by atoms with van der Waals surface area (Å²) in [6, 6.07) is 13.8. The molecule has 2 heterocycles. The summed E-state index contributed by atoms with van der Waals surface area (Å²) < 4.78 is 13.3. The van der Waals surface area contributed by atoms with Crippen LogP contribution in [0.2, 0.25) is 0 Å². The molecule has 0 fully saturated rings. The summed E-state index contributed by atoms with van der Waals surface area (Å²) in [5, 5.41) is 5.28. The van der Waals surface area contributed by atoms with Gasteiger partial charge >= 0.3 is 0 Å². The first-order valence-corrected chi connectivity index (χ1v) is 9.63. The molecule has 0 N–H and O–H groups in total. The summed E-state index contributed by atoms with van der Waals surface area (Å²) in [5.41, 5.74) is 3.85. The highest BCUT2D eigenvalue weighted by molar-refractivity contribution is 5.59. The van der Waals surface area contributed by atoms with E-state index < -0.39 is 0 Å². The van der Waals surface area contributed by atoms with Crippen LogP contribution >= 0.6 is 0 Å². The zero-order valence-electron chi connectivity index (χ0n) is 17.1. The molecule has 0 aliphatic rings. The van der Waals surface area contributed by atoms with E-state index in [0.29, 0.717) is 22.6 Å². The number of rotatable bonds is 6. The summed E-state index contributed by atoms with van der Waals surface area (Å²) in [4.78, 5) is 9.25. The standard InChI is InChI=1S/C23H24N4O2/c1-6-19(29-20-12-7-14(2)13-15(20)3)23-24-16(4)22-25-21(26-27(22)23)17-8-10-18(28-5)11-9-17/h7-13,19H,4,6H2,1-3,5H3. The van der Waals surface area contributed by atoms with Gasteiger partial charge in [-0.2, -0.15) is 4.52 Å². The fraction of sp³-hybridized carbons (Fsp3) is 0.261. The number of benzene rings is 2. The summed E-state index contributed by atoms with van der Waals surface area (Å²) in [6.07, 6.45) is 0.496. The van der Waals surface area contributed by atoms with Crippen molar-refractivity contribution in [1.82, 2.24) is 19.6 Å². The average molecular weight is 388 g/mol. The zero-order chi connectivity index (χ0) is 20.5. The smallest absolute Gasteiger partial charge is 0.183 e. The number of aryl methyl sites for hydroxylation is 2. The number of hydrogen-bond acceptors (Lipinski definition) is 5. The largest absolute Gasteiger partial charge is 0.497 e. The van der Waals surface area contributed by atoms with Crippen LogP contribution in [0.4, 0.5) is 0 Å². The van der Waals surface area contributed by atoms with Gasteiger partial charge in [-0.05, 0) is 56.2 Å². The number of aromatic nitrogens is 4. The third-order valence-corrected chi connectivity index (χ3v) is 4.94. The topological polar surface area (TPSA) is 61.5 Å². The van der Waals surface area contributed by atoms with Crippen LogP contribution in [0.1, 0.15) is 36.4 Å². The third kappa shape index (κ3) is 3.53. The molecule has 1 unspecified atom stereocenters. The fourth-order valence-corrected chi connectivity index (χ4v) is 3.37. The van der Waals surface area contributed by atoms with Gasteiger partial charge in [-0.1, -0.05) is 31.2 Å². The molecular formula is C23H24N4O2. The molecule has 148 valence electrons. The van der Waals surface area contributed by atoms with Crippen LogP contribution in [0.3, 0.4) is 0 Å². The van der Waals surface area contributed by atoms with E-state index in [4.69, 9.17) is 9.47 Å². The summed E-state index contributed by atoms with van der Waals surface area (Å²) in [5.74, 6) is 2.97.